The van der Waals surface area contributed by atoms with Crippen LogP contribution in [-0.2, 0) is 37.4 Å². The predicted octanol–water partition coefficient (Wildman–Crippen LogP) is -0.504. The average molecular weight is 514 g/mol. The molecule has 2 heterocycles. The second kappa shape index (κ2) is 11.9. The number of phosphoric acid groups is 1. The van der Waals surface area contributed by atoms with Crippen LogP contribution in [0.4, 0.5) is 10.2 Å². The van der Waals surface area contributed by atoms with Crippen molar-refractivity contribution >= 4 is 38.2 Å². The topological polar surface area (TPSA) is 191 Å². The van der Waals surface area contributed by atoms with Crippen molar-refractivity contribution in [2.45, 2.75) is 30.2 Å². The summed E-state index contributed by atoms with van der Waals surface area (Å²) in [4.78, 5) is 47.8. The van der Waals surface area contributed by atoms with Crippen molar-refractivity contribution in [1.82, 2.24) is 14.9 Å². The molecule has 17 heteroatoms. The fourth-order valence-electron chi connectivity index (χ4n) is 2.59. The number of carbonyl (C=O) groups excluding carboxylic acids is 2. The van der Waals surface area contributed by atoms with Crippen LogP contribution >= 0.6 is 20.5 Å². The lowest BCUT2D eigenvalue weighted by Gasteiger charge is -2.21. The molecular weight excluding hydrogens is 490 g/mol. The lowest BCUT2D eigenvalue weighted by atomic mass is 10.2. The van der Waals surface area contributed by atoms with Crippen LogP contribution in [-0.4, -0.2) is 71.1 Å². The molecule has 0 amide bonds. The van der Waals surface area contributed by atoms with Gasteiger partial charge in [0.05, 0.1) is 19.1 Å². The van der Waals surface area contributed by atoms with Crippen molar-refractivity contribution in [2.75, 3.05) is 39.3 Å². The van der Waals surface area contributed by atoms with Gasteiger partial charge >= 0.3 is 25.5 Å². The number of esters is 2. The number of halogens is 1. The number of nitrogens with one attached hydrogen (secondary N) is 1. The predicted molar refractivity (Wildman–Crippen MR) is 112 cm³/mol. The number of anilines is 1. The summed E-state index contributed by atoms with van der Waals surface area (Å²) in [5.74, 6) is -1.73. The number of ether oxygens (including phenoxy) is 3. The third kappa shape index (κ3) is 8.66. The van der Waals surface area contributed by atoms with E-state index in [1.54, 1.807) is 7.05 Å². The van der Waals surface area contributed by atoms with Gasteiger partial charge in [-0.25, -0.2) is 23.1 Å². The number of nitrogens with zero attached hydrogens (tertiary/aromatic N) is 2. The van der Waals surface area contributed by atoms with Gasteiger partial charge in [-0.15, -0.1) is 12.6 Å². The molecule has 4 unspecified atom stereocenters. The summed E-state index contributed by atoms with van der Waals surface area (Å²) in [6.45, 7) is -1.93. The minimum absolute atomic E-state index is 0.0417. The quantitative estimate of drug-likeness (QED) is 0.121. The van der Waals surface area contributed by atoms with E-state index in [1.165, 1.54) is 12.3 Å². The van der Waals surface area contributed by atoms with E-state index in [1.807, 2.05) is 0 Å². The van der Waals surface area contributed by atoms with Crippen molar-refractivity contribution in [3.8, 4) is 0 Å². The number of alkyl halides is 1. The van der Waals surface area contributed by atoms with E-state index in [0.29, 0.717) is 6.54 Å². The number of hydrogen-bond donors (Lipinski definition) is 4. The molecule has 0 spiro atoms. The Kier molecular flexibility index (Phi) is 9.78. The highest BCUT2D eigenvalue weighted by atomic mass is 32.1. The number of phosphoric ester groups is 1. The highest BCUT2D eigenvalue weighted by molar-refractivity contribution is 7.81. The second-order valence-electron chi connectivity index (χ2n) is 6.72. The number of hydrogen-bond acceptors (Lipinski definition) is 13. The molecular formula is C16H24FN4O10PS. The zero-order valence-electron chi connectivity index (χ0n) is 17.4. The largest absolute Gasteiger partial charge is 0.475 e. The Balaban J connectivity index is 1.77. The van der Waals surface area contributed by atoms with E-state index in [4.69, 9.17) is 15.0 Å². The summed E-state index contributed by atoms with van der Waals surface area (Å²) in [6.07, 6.45) is -1.75. The van der Waals surface area contributed by atoms with E-state index in [9.17, 15) is 28.2 Å². The number of rotatable bonds is 12. The molecule has 1 aromatic heterocycles. The molecule has 0 aliphatic carbocycles. The van der Waals surface area contributed by atoms with Crippen LogP contribution in [0.25, 0.3) is 0 Å². The standard InChI is InChI=1S/C16H24FN4O10PS/c1-19-4-2-12(22)27-8-13(23)28-9-30-32(25,26)29-7-10-6-16(17,33)14(31-10)21-5-3-11(18)20-15(21)24/h3,5,10,14,19,33H,2,4,6-9H2,1H3,(H,25,26)(H2,18,20,24). The highest BCUT2D eigenvalue weighted by Crippen LogP contribution is 2.47. The first-order valence-electron chi connectivity index (χ1n) is 9.42. The molecule has 14 nitrogen and oxygen atoms in total. The lowest BCUT2D eigenvalue weighted by molar-refractivity contribution is -0.163. The van der Waals surface area contributed by atoms with Crippen molar-refractivity contribution in [2.24, 2.45) is 0 Å². The monoisotopic (exact) mass is 514 g/mol. The van der Waals surface area contributed by atoms with Crippen LogP contribution in [0.2, 0.25) is 0 Å². The maximum absolute atomic E-state index is 14.8. The van der Waals surface area contributed by atoms with Gasteiger partial charge in [-0.2, -0.15) is 4.98 Å². The average Bonchev–Trinajstić information content (AvgIpc) is 3.03. The van der Waals surface area contributed by atoms with Crippen molar-refractivity contribution in [3.63, 3.8) is 0 Å². The molecule has 1 aromatic rings. The van der Waals surface area contributed by atoms with Crippen LogP contribution < -0.4 is 16.7 Å². The van der Waals surface area contributed by atoms with E-state index in [2.05, 4.69) is 36.9 Å². The number of nitrogen functional groups attached to an aromatic ring is 1. The number of thiol groups is 1. The molecule has 2 rings (SSSR count). The van der Waals surface area contributed by atoms with Crippen molar-refractivity contribution in [1.29, 1.82) is 0 Å². The molecule has 186 valence electrons. The normalized spacial score (nSPS) is 24.2. The minimum atomic E-state index is -4.72. The molecule has 4 atom stereocenters. The summed E-state index contributed by atoms with van der Waals surface area (Å²) in [6, 6.07) is 1.26. The smallest absolute Gasteiger partial charge is 0.454 e. The van der Waals surface area contributed by atoms with Gasteiger partial charge in [-0.05, 0) is 13.1 Å². The minimum Gasteiger partial charge on any atom is -0.454 e. The molecule has 1 aliphatic heterocycles. The van der Waals surface area contributed by atoms with Crippen LogP contribution in [0.5, 0.6) is 0 Å². The number of aromatic nitrogens is 2. The van der Waals surface area contributed by atoms with E-state index >= 15 is 0 Å². The molecule has 0 saturated carbocycles. The third-order valence-electron chi connectivity index (χ3n) is 4.11. The van der Waals surface area contributed by atoms with Gasteiger partial charge in [0.2, 0.25) is 11.8 Å². The maximum atomic E-state index is 14.8. The molecule has 0 radical (unpaired) electrons. The Morgan fingerprint density at radius 2 is 2.18 bits per heavy atom. The Morgan fingerprint density at radius 3 is 2.85 bits per heavy atom. The summed E-state index contributed by atoms with van der Waals surface area (Å²) < 4.78 is 51.3. The van der Waals surface area contributed by atoms with Crippen molar-refractivity contribution in [3.05, 3.63) is 22.7 Å². The molecule has 0 aromatic carbocycles. The first kappa shape index (κ1) is 27.2. The van der Waals surface area contributed by atoms with Crippen LogP contribution in [0.3, 0.4) is 0 Å². The molecule has 1 aliphatic rings. The zero-order valence-corrected chi connectivity index (χ0v) is 19.2. The molecule has 1 saturated heterocycles. The van der Waals surface area contributed by atoms with E-state index in [-0.39, 0.29) is 12.2 Å². The first-order valence-corrected chi connectivity index (χ1v) is 11.4. The second-order valence-corrected chi connectivity index (χ2v) is 8.91. The van der Waals surface area contributed by atoms with Gasteiger partial charge in [-0.1, -0.05) is 0 Å². The van der Waals surface area contributed by atoms with Gasteiger partial charge in [0.1, 0.15) is 5.82 Å². The zero-order chi connectivity index (χ0) is 24.6. The Morgan fingerprint density at radius 1 is 1.45 bits per heavy atom. The summed E-state index contributed by atoms with van der Waals surface area (Å²) in [5.41, 5.74) is 4.52. The van der Waals surface area contributed by atoms with Crippen molar-refractivity contribution < 1.29 is 46.7 Å². The third-order valence-corrected chi connectivity index (χ3v) is 5.42. The SMILES string of the molecule is CNCCC(=O)OCC(=O)OCOP(=O)(O)OCC1CC(F)(S)C(n2ccc(N)nc2=O)O1. The molecule has 0 bridgehead atoms. The fraction of sp³-hybridized carbons (Fsp3) is 0.625. The van der Waals surface area contributed by atoms with Gasteiger partial charge in [0.25, 0.3) is 0 Å². The Labute approximate surface area is 192 Å². The van der Waals surface area contributed by atoms with Crippen LogP contribution in [0.1, 0.15) is 19.1 Å². The number of nitrogens with two attached hydrogens (primary N) is 1. The molecule has 4 N–H and O–H groups in total. The maximum Gasteiger partial charge on any atom is 0.475 e. The van der Waals surface area contributed by atoms with E-state index in [0.717, 1.165) is 4.57 Å². The first-order chi connectivity index (χ1) is 15.4. The Hall–Kier alpha value is -2.07. The van der Waals surface area contributed by atoms with Crippen LogP contribution in [0.15, 0.2) is 17.1 Å². The number of carbonyl (C=O) groups is 2. The molecule has 1 fully saturated rings. The lowest BCUT2D eigenvalue weighted by Crippen LogP contribution is -2.34. The van der Waals surface area contributed by atoms with Crippen LogP contribution in [0, 0.1) is 0 Å². The molecule has 33 heavy (non-hydrogen) atoms. The fourth-order valence-corrected chi connectivity index (χ4v) is 3.59. The van der Waals surface area contributed by atoms with Gasteiger partial charge < -0.3 is 30.2 Å². The van der Waals surface area contributed by atoms with Gasteiger partial charge in [-0.3, -0.25) is 13.9 Å². The summed E-state index contributed by atoms with van der Waals surface area (Å²) in [7, 11) is -3.09. The summed E-state index contributed by atoms with van der Waals surface area (Å²) >= 11 is 3.86. The Bertz CT molecular complexity index is 948. The van der Waals surface area contributed by atoms with E-state index < -0.39 is 69.2 Å². The summed E-state index contributed by atoms with van der Waals surface area (Å²) in [5, 5.41) is 0.399. The highest BCUT2D eigenvalue weighted by Gasteiger charge is 2.49. The van der Waals surface area contributed by atoms with Gasteiger partial charge in [0.15, 0.2) is 12.8 Å². The van der Waals surface area contributed by atoms with Gasteiger partial charge in [0, 0.05) is 19.2 Å².